The van der Waals surface area contributed by atoms with Crippen LogP contribution in [0.2, 0.25) is 0 Å². The van der Waals surface area contributed by atoms with Gasteiger partial charge in [-0.3, -0.25) is 4.79 Å². The van der Waals surface area contributed by atoms with Crippen LogP contribution in [0.15, 0.2) is 36.4 Å². The van der Waals surface area contributed by atoms with Crippen LogP contribution in [0.1, 0.15) is 30.9 Å². The first-order chi connectivity index (χ1) is 11.4. The highest BCUT2D eigenvalue weighted by Gasteiger charge is 2.11. The number of halogens is 1. The highest BCUT2D eigenvalue weighted by atomic mass is 35.5. The topological polar surface area (TPSA) is 73.6 Å². The summed E-state index contributed by atoms with van der Waals surface area (Å²) >= 11 is 0. The number of nitrogens with two attached hydrogens (primary N) is 1. The van der Waals surface area contributed by atoms with Crippen LogP contribution >= 0.6 is 12.4 Å². The van der Waals surface area contributed by atoms with Crippen molar-refractivity contribution in [1.82, 2.24) is 0 Å². The fourth-order valence-electron chi connectivity index (χ4n) is 2.34. The van der Waals surface area contributed by atoms with Gasteiger partial charge in [0.05, 0.1) is 18.5 Å². The lowest BCUT2D eigenvalue weighted by atomic mass is 10.0. The Labute approximate surface area is 154 Å². The van der Waals surface area contributed by atoms with E-state index in [1.54, 1.807) is 25.3 Å². The Morgan fingerprint density at radius 2 is 1.92 bits per heavy atom. The number of rotatable bonds is 6. The molecule has 25 heavy (non-hydrogen) atoms. The number of anilines is 2. The summed E-state index contributed by atoms with van der Waals surface area (Å²) in [6, 6.07) is 11.1. The molecule has 5 nitrogen and oxygen atoms in total. The fourth-order valence-corrected chi connectivity index (χ4v) is 2.34. The number of methoxy groups -OCH3 is 1. The average Bonchev–Trinajstić information content (AvgIpc) is 2.54. The number of hydrogen-bond acceptors (Lipinski definition) is 4. The first-order valence-electron chi connectivity index (χ1n) is 7.87. The van der Waals surface area contributed by atoms with E-state index in [0.717, 1.165) is 16.9 Å². The largest absolute Gasteiger partial charge is 0.497 e. The lowest BCUT2D eigenvalue weighted by Gasteiger charge is -2.15. The van der Waals surface area contributed by atoms with Gasteiger partial charge in [-0.05, 0) is 42.2 Å². The van der Waals surface area contributed by atoms with Crippen molar-refractivity contribution in [1.29, 1.82) is 0 Å². The van der Waals surface area contributed by atoms with Gasteiger partial charge in [0.2, 0.25) is 0 Å². The predicted octanol–water partition coefficient (Wildman–Crippen LogP) is 4.15. The molecule has 0 aliphatic rings. The smallest absolute Gasteiger partial charge is 0.262 e. The summed E-state index contributed by atoms with van der Waals surface area (Å²) in [7, 11) is 1.56. The van der Waals surface area contributed by atoms with Crippen molar-refractivity contribution in [3.63, 3.8) is 0 Å². The monoisotopic (exact) mass is 364 g/mol. The summed E-state index contributed by atoms with van der Waals surface area (Å²) in [5.74, 6) is 1.41. The quantitative estimate of drug-likeness (QED) is 0.755. The third-order valence-electron chi connectivity index (χ3n) is 3.68. The van der Waals surface area contributed by atoms with Gasteiger partial charge in [-0.25, -0.2) is 0 Å². The standard InChI is InChI=1S/C19H24N2O3.ClH/c1-12(2)15-7-5-13(3)9-18(15)24-11-19(22)21-17-10-14(23-4)6-8-16(17)20;/h5-10,12H,11,20H2,1-4H3,(H,21,22);1H. The summed E-state index contributed by atoms with van der Waals surface area (Å²) in [4.78, 5) is 12.2. The van der Waals surface area contributed by atoms with Crippen LogP contribution in [0.5, 0.6) is 11.5 Å². The van der Waals surface area contributed by atoms with Gasteiger partial charge in [0.25, 0.3) is 5.91 Å². The molecule has 3 N–H and O–H groups in total. The molecular formula is C19H25ClN2O3. The molecule has 136 valence electrons. The lowest BCUT2D eigenvalue weighted by molar-refractivity contribution is -0.118. The highest BCUT2D eigenvalue weighted by molar-refractivity contribution is 5.95. The van der Waals surface area contributed by atoms with E-state index < -0.39 is 0 Å². The molecule has 0 aliphatic heterocycles. The van der Waals surface area contributed by atoms with E-state index in [4.69, 9.17) is 15.2 Å². The average molecular weight is 365 g/mol. The number of aryl methyl sites for hydroxylation is 1. The second-order valence-corrected chi connectivity index (χ2v) is 5.99. The number of nitrogen functional groups attached to an aromatic ring is 1. The van der Waals surface area contributed by atoms with Crippen LogP contribution in [0.3, 0.4) is 0 Å². The van der Waals surface area contributed by atoms with E-state index in [-0.39, 0.29) is 24.9 Å². The first kappa shape index (κ1) is 20.6. The van der Waals surface area contributed by atoms with E-state index in [1.165, 1.54) is 0 Å². The molecule has 0 bridgehead atoms. The van der Waals surface area contributed by atoms with Crippen molar-refractivity contribution in [3.05, 3.63) is 47.5 Å². The summed E-state index contributed by atoms with van der Waals surface area (Å²) in [5, 5.41) is 2.75. The van der Waals surface area contributed by atoms with E-state index in [1.807, 2.05) is 25.1 Å². The summed E-state index contributed by atoms with van der Waals surface area (Å²) < 4.78 is 10.9. The molecule has 2 rings (SSSR count). The molecule has 0 atom stereocenters. The number of hydrogen-bond donors (Lipinski definition) is 2. The van der Waals surface area contributed by atoms with E-state index >= 15 is 0 Å². The Kier molecular flexibility index (Phi) is 7.58. The van der Waals surface area contributed by atoms with E-state index in [2.05, 4.69) is 19.2 Å². The number of amides is 1. The van der Waals surface area contributed by atoms with Crippen LogP contribution in [0.4, 0.5) is 11.4 Å². The molecule has 2 aromatic rings. The number of nitrogens with one attached hydrogen (secondary N) is 1. The Bertz CT molecular complexity index is 733. The molecule has 0 spiro atoms. The minimum absolute atomic E-state index is 0. The fraction of sp³-hybridized carbons (Fsp3) is 0.316. The molecule has 0 heterocycles. The Balaban J connectivity index is 0.00000312. The minimum Gasteiger partial charge on any atom is -0.497 e. The van der Waals surface area contributed by atoms with Crippen molar-refractivity contribution in [2.75, 3.05) is 24.8 Å². The van der Waals surface area contributed by atoms with Gasteiger partial charge in [0, 0.05) is 6.07 Å². The molecular weight excluding hydrogens is 340 g/mol. The molecule has 0 aliphatic carbocycles. The van der Waals surface area contributed by atoms with Gasteiger partial charge in [-0.2, -0.15) is 0 Å². The third kappa shape index (κ3) is 5.57. The normalized spacial score (nSPS) is 10.1. The van der Waals surface area contributed by atoms with Gasteiger partial charge in [0.1, 0.15) is 11.5 Å². The number of carbonyl (C=O) groups is 1. The third-order valence-corrected chi connectivity index (χ3v) is 3.68. The molecule has 0 unspecified atom stereocenters. The van der Waals surface area contributed by atoms with Crippen LogP contribution in [0.25, 0.3) is 0 Å². The van der Waals surface area contributed by atoms with Crippen LogP contribution in [0, 0.1) is 6.92 Å². The SMILES string of the molecule is COc1ccc(N)c(NC(=O)COc2cc(C)ccc2C(C)C)c1.Cl. The summed E-state index contributed by atoms with van der Waals surface area (Å²) in [5.41, 5.74) is 9.03. The summed E-state index contributed by atoms with van der Waals surface area (Å²) in [6.07, 6.45) is 0. The number of benzene rings is 2. The lowest BCUT2D eigenvalue weighted by Crippen LogP contribution is -2.21. The van der Waals surface area contributed by atoms with Gasteiger partial charge in [-0.1, -0.05) is 26.0 Å². The van der Waals surface area contributed by atoms with Gasteiger partial charge in [-0.15, -0.1) is 12.4 Å². The molecule has 6 heteroatoms. The maximum Gasteiger partial charge on any atom is 0.262 e. The van der Waals surface area contributed by atoms with Gasteiger partial charge >= 0.3 is 0 Å². The molecule has 0 saturated heterocycles. The maximum atomic E-state index is 12.2. The Morgan fingerprint density at radius 3 is 2.56 bits per heavy atom. The second kappa shape index (κ2) is 9.18. The van der Waals surface area contributed by atoms with E-state index in [9.17, 15) is 4.79 Å². The van der Waals surface area contributed by atoms with Crippen molar-refractivity contribution in [2.24, 2.45) is 0 Å². The zero-order valence-electron chi connectivity index (χ0n) is 15.0. The predicted molar refractivity (Wildman–Crippen MR) is 104 cm³/mol. The molecule has 2 aromatic carbocycles. The maximum absolute atomic E-state index is 12.2. The molecule has 1 amide bonds. The van der Waals surface area contributed by atoms with Crippen molar-refractivity contribution in [2.45, 2.75) is 26.7 Å². The van der Waals surface area contributed by atoms with Crippen LogP contribution < -0.4 is 20.5 Å². The zero-order chi connectivity index (χ0) is 17.7. The molecule has 0 radical (unpaired) electrons. The van der Waals surface area contributed by atoms with Crippen LogP contribution in [-0.2, 0) is 4.79 Å². The van der Waals surface area contributed by atoms with E-state index in [0.29, 0.717) is 23.0 Å². The molecule has 0 aromatic heterocycles. The van der Waals surface area contributed by atoms with Gasteiger partial charge < -0.3 is 20.5 Å². The zero-order valence-corrected chi connectivity index (χ0v) is 15.8. The highest BCUT2D eigenvalue weighted by Crippen LogP contribution is 2.28. The number of ether oxygens (including phenoxy) is 2. The van der Waals surface area contributed by atoms with Gasteiger partial charge in [0.15, 0.2) is 6.61 Å². The first-order valence-corrected chi connectivity index (χ1v) is 7.87. The van der Waals surface area contributed by atoms with Crippen molar-refractivity contribution in [3.8, 4) is 11.5 Å². The second-order valence-electron chi connectivity index (χ2n) is 5.99. The van der Waals surface area contributed by atoms with Crippen molar-refractivity contribution < 1.29 is 14.3 Å². The Morgan fingerprint density at radius 1 is 1.20 bits per heavy atom. The van der Waals surface area contributed by atoms with Crippen molar-refractivity contribution >= 4 is 29.7 Å². The number of carbonyl (C=O) groups excluding carboxylic acids is 1. The molecule has 0 fully saturated rings. The molecule has 0 saturated carbocycles. The van der Waals surface area contributed by atoms with Crippen LogP contribution in [-0.4, -0.2) is 19.6 Å². The minimum atomic E-state index is -0.272. The Hall–Kier alpha value is -2.40. The summed E-state index contributed by atoms with van der Waals surface area (Å²) in [6.45, 7) is 6.09.